The Morgan fingerprint density at radius 2 is 1.71 bits per heavy atom. The van der Waals surface area contributed by atoms with E-state index in [0.717, 1.165) is 11.1 Å². The van der Waals surface area contributed by atoms with Gasteiger partial charge in [-0.3, -0.25) is 0 Å². The van der Waals surface area contributed by atoms with E-state index >= 15 is 0 Å². The van der Waals surface area contributed by atoms with Gasteiger partial charge in [0.15, 0.2) is 0 Å². The third kappa shape index (κ3) is 4.48. The molecule has 0 spiro atoms. The Labute approximate surface area is 147 Å². The zero-order valence-corrected chi connectivity index (χ0v) is 15.5. The highest BCUT2D eigenvalue weighted by Crippen LogP contribution is 2.30. The maximum Gasteiger partial charge on any atom is 0.336 e. The quantitative estimate of drug-likeness (QED) is 0.431. The van der Waals surface area contributed by atoms with Gasteiger partial charge in [0, 0.05) is 4.90 Å². The van der Waals surface area contributed by atoms with Crippen molar-refractivity contribution in [1.29, 1.82) is 0 Å². The van der Waals surface area contributed by atoms with E-state index in [0.29, 0.717) is 16.0 Å². The SMILES string of the molecule is CC.CSc1c(F)cc(/C=C(/C(=O)O)c2ccccc2)c(C)c1C. The lowest BCUT2D eigenvalue weighted by Gasteiger charge is -2.12. The molecule has 128 valence electrons. The van der Waals surface area contributed by atoms with Crippen LogP contribution in [-0.4, -0.2) is 17.3 Å². The molecule has 1 N–H and O–H groups in total. The molecular formula is C20H23FO2S. The van der Waals surface area contributed by atoms with Crippen LogP contribution in [0.25, 0.3) is 11.6 Å². The fourth-order valence-corrected chi connectivity index (χ4v) is 3.03. The summed E-state index contributed by atoms with van der Waals surface area (Å²) < 4.78 is 14.1. The molecule has 0 heterocycles. The smallest absolute Gasteiger partial charge is 0.336 e. The van der Waals surface area contributed by atoms with Crippen LogP contribution in [0.2, 0.25) is 0 Å². The standard InChI is InChI=1S/C18H17FO2S.C2H6/c1-11-12(2)17(22-3)16(19)10-14(11)9-15(18(20)21)13-7-5-4-6-8-13;1-2/h4-10H,1-3H3,(H,20,21);1-2H3/b15-9+;. The Balaban J connectivity index is 0.00000139. The van der Waals surface area contributed by atoms with Crippen molar-refractivity contribution in [1.82, 2.24) is 0 Å². The van der Waals surface area contributed by atoms with Gasteiger partial charge in [0.2, 0.25) is 0 Å². The van der Waals surface area contributed by atoms with E-state index in [1.807, 2.05) is 40.0 Å². The summed E-state index contributed by atoms with van der Waals surface area (Å²) in [6.07, 6.45) is 3.36. The predicted molar refractivity (Wildman–Crippen MR) is 101 cm³/mol. The van der Waals surface area contributed by atoms with E-state index in [4.69, 9.17) is 0 Å². The van der Waals surface area contributed by atoms with E-state index in [-0.39, 0.29) is 11.4 Å². The van der Waals surface area contributed by atoms with Crippen LogP contribution in [0.15, 0.2) is 41.3 Å². The molecule has 0 fully saturated rings. The summed E-state index contributed by atoms with van der Waals surface area (Å²) in [5, 5.41) is 9.45. The van der Waals surface area contributed by atoms with Gasteiger partial charge < -0.3 is 5.11 Å². The first-order valence-corrected chi connectivity index (χ1v) is 9.02. The number of carbonyl (C=O) groups is 1. The maximum atomic E-state index is 14.1. The first-order valence-electron chi connectivity index (χ1n) is 7.79. The van der Waals surface area contributed by atoms with Crippen LogP contribution in [0, 0.1) is 19.7 Å². The van der Waals surface area contributed by atoms with Crippen molar-refractivity contribution in [2.45, 2.75) is 32.6 Å². The first-order chi connectivity index (χ1) is 11.5. The molecule has 0 unspecified atom stereocenters. The van der Waals surface area contributed by atoms with Crippen LogP contribution in [-0.2, 0) is 4.79 Å². The van der Waals surface area contributed by atoms with Crippen molar-refractivity contribution in [3.8, 4) is 0 Å². The van der Waals surface area contributed by atoms with Gasteiger partial charge in [0.05, 0.1) is 5.57 Å². The highest BCUT2D eigenvalue weighted by atomic mass is 32.2. The van der Waals surface area contributed by atoms with Crippen molar-refractivity contribution < 1.29 is 14.3 Å². The van der Waals surface area contributed by atoms with Crippen molar-refractivity contribution in [2.24, 2.45) is 0 Å². The van der Waals surface area contributed by atoms with Gasteiger partial charge in [-0.25, -0.2) is 9.18 Å². The highest BCUT2D eigenvalue weighted by molar-refractivity contribution is 7.98. The molecule has 0 amide bonds. The monoisotopic (exact) mass is 346 g/mol. The van der Waals surface area contributed by atoms with Crippen LogP contribution >= 0.6 is 11.8 Å². The number of carboxylic acid groups (broad SMARTS) is 1. The Hall–Kier alpha value is -2.07. The fourth-order valence-electron chi connectivity index (χ4n) is 2.32. The minimum Gasteiger partial charge on any atom is -0.478 e. The Morgan fingerprint density at radius 3 is 2.21 bits per heavy atom. The van der Waals surface area contributed by atoms with Gasteiger partial charge in [0.1, 0.15) is 5.82 Å². The first kappa shape index (κ1) is 20.0. The summed E-state index contributed by atoms with van der Waals surface area (Å²) in [6, 6.07) is 10.2. The van der Waals surface area contributed by atoms with Crippen LogP contribution in [0.5, 0.6) is 0 Å². The number of carboxylic acids is 1. The summed E-state index contributed by atoms with van der Waals surface area (Å²) >= 11 is 1.35. The molecule has 0 bridgehead atoms. The zero-order valence-electron chi connectivity index (χ0n) is 14.7. The van der Waals surface area contributed by atoms with Gasteiger partial charge in [-0.1, -0.05) is 44.2 Å². The largest absolute Gasteiger partial charge is 0.478 e. The molecule has 0 aliphatic rings. The molecule has 0 saturated heterocycles. The Kier molecular flexibility index (Phi) is 7.72. The lowest BCUT2D eigenvalue weighted by atomic mass is 9.98. The van der Waals surface area contributed by atoms with Gasteiger partial charge in [-0.05, 0) is 54.5 Å². The third-order valence-corrected chi connectivity index (χ3v) is 4.56. The molecule has 2 nitrogen and oxygen atoms in total. The second-order valence-corrected chi connectivity index (χ2v) is 5.78. The number of benzene rings is 2. The molecular weight excluding hydrogens is 323 g/mol. The average Bonchev–Trinajstić information content (AvgIpc) is 2.59. The van der Waals surface area contributed by atoms with Crippen molar-refractivity contribution >= 4 is 29.4 Å². The van der Waals surface area contributed by atoms with E-state index in [2.05, 4.69) is 0 Å². The predicted octanol–water partition coefficient (Wildman–Crippen LogP) is 5.82. The average molecular weight is 346 g/mol. The molecule has 0 atom stereocenters. The molecule has 2 aromatic carbocycles. The third-order valence-electron chi connectivity index (χ3n) is 3.65. The normalized spacial score (nSPS) is 10.8. The van der Waals surface area contributed by atoms with Crippen LogP contribution in [0.4, 0.5) is 4.39 Å². The number of hydrogen-bond donors (Lipinski definition) is 1. The van der Waals surface area contributed by atoms with Crippen LogP contribution < -0.4 is 0 Å². The topological polar surface area (TPSA) is 37.3 Å². The lowest BCUT2D eigenvalue weighted by molar-refractivity contribution is -0.130. The van der Waals surface area contributed by atoms with Crippen molar-refractivity contribution in [3.05, 3.63) is 64.5 Å². The van der Waals surface area contributed by atoms with Gasteiger partial charge in [-0.15, -0.1) is 11.8 Å². The molecule has 0 radical (unpaired) electrons. The number of halogens is 1. The van der Waals surface area contributed by atoms with Crippen molar-refractivity contribution in [2.75, 3.05) is 6.26 Å². The molecule has 0 aromatic heterocycles. The minimum absolute atomic E-state index is 0.152. The second kappa shape index (κ2) is 9.28. The van der Waals surface area contributed by atoms with Gasteiger partial charge >= 0.3 is 5.97 Å². The molecule has 0 aliphatic carbocycles. The number of aliphatic carboxylic acids is 1. The van der Waals surface area contributed by atoms with Gasteiger partial charge in [-0.2, -0.15) is 0 Å². The van der Waals surface area contributed by atoms with Gasteiger partial charge in [0.25, 0.3) is 0 Å². The molecule has 2 aromatic rings. The number of hydrogen-bond acceptors (Lipinski definition) is 2. The highest BCUT2D eigenvalue weighted by Gasteiger charge is 2.14. The lowest BCUT2D eigenvalue weighted by Crippen LogP contribution is -2.01. The Bertz CT molecular complexity index is 737. The number of rotatable bonds is 4. The molecule has 0 saturated carbocycles. The fraction of sp³-hybridized carbons (Fsp3) is 0.250. The van der Waals surface area contributed by atoms with E-state index in [9.17, 15) is 14.3 Å². The number of thioether (sulfide) groups is 1. The van der Waals surface area contributed by atoms with Crippen LogP contribution in [0.3, 0.4) is 0 Å². The summed E-state index contributed by atoms with van der Waals surface area (Å²) in [6.45, 7) is 7.73. The summed E-state index contributed by atoms with van der Waals surface area (Å²) in [5.41, 5.74) is 3.08. The van der Waals surface area contributed by atoms with Crippen molar-refractivity contribution in [3.63, 3.8) is 0 Å². The zero-order chi connectivity index (χ0) is 18.3. The van der Waals surface area contributed by atoms with E-state index in [1.54, 1.807) is 24.3 Å². The second-order valence-electron chi connectivity index (χ2n) is 4.96. The molecule has 24 heavy (non-hydrogen) atoms. The molecule has 2 rings (SSSR count). The summed E-state index contributed by atoms with van der Waals surface area (Å²) in [4.78, 5) is 12.1. The Morgan fingerprint density at radius 1 is 1.12 bits per heavy atom. The maximum absolute atomic E-state index is 14.1. The summed E-state index contributed by atoms with van der Waals surface area (Å²) in [5.74, 6) is -1.35. The molecule has 0 aliphatic heterocycles. The molecule has 4 heteroatoms. The van der Waals surface area contributed by atoms with Crippen LogP contribution in [0.1, 0.15) is 36.1 Å². The summed E-state index contributed by atoms with van der Waals surface area (Å²) in [7, 11) is 0. The van der Waals surface area contributed by atoms with E-state index in [1.165, 1.54) is 23.9 Å². The van der Waals surface area contributed by atoms with E-state index < -0.39 is 5.97 Å². The minimum atomic E-state index is -1.03.